The summed E-state index contributed by atoms with van der Waals surface area (Å²) in [5.41, 5.74) is 2.17. The van der Waals surface area contributed by atoms with Crippen LogP contribution < -0.4 is 9.47 Å². The van der Waals surface area contributed by atoms with E-state index >= 15 is 0 Å². The van der Waals surface area contributed by atoms with Crippen LogP contribution in [-0.4, -0.2) is 29.0 Å². The van der Waals surface area contributed by atoms with Crippen LogP contribution in [0.1, 0.15) is 12.5 Å². The second-order valence-corrected chi connectivity index (χ2v) is 6.33. The van der Waals surface area contributed by atoms with E-state index in [1.54, 1.807) is 26.0 Å². The maximum atomic E-state index is 5.46. The van der Waals surface area contributed by atoms with Gasteiger partial charge in [0.25, 0.3) is 0 Å². The fourth-order valence-electron chi connectivity index (χ4n) is 2.58. The van der Waals surface area contributed by atoms with Gasteiger partial charge in [-0.2, -0.15) is 0 Å². The maximum absolute atomic E-state index is 5.46. The number of hydrogen-bond donors (Lipinski definition) is 0. The Bertz CT molecular complexity index is 831. The number of nitrogens with zero attached hydrogens (tertiary/aromatic N) is 3. The Morgan fingerprint density at radius 1 is 0.960 bits per heavy atom. The molecule has 0 atom stereocenters. The summed E-state index contributed by atoms with van der Waals surface area (Å²) in [5.74, 6) is 3.33. The highest BCUT2D eigenvalue weighted by Gasteiger charge is 2.16. The van der Waals surface area contributed by atoms with Gasteiger partial charge in [-0.3, -0.25) is 0 Å². The Labute approximate surface area is 152 Å². The molecule has 5 nitrogen and oxygen atoms in total. The molecule has 0 amide bonds. The summed E-state index contributed by atoms with van der Waals surface area (Å²) in [5, 5.41) is 9.68. The SMILES string of the molecule is CCn1c(SCc2ccc(OC)cc2)nnc1-c1ccccc1OC. The first kappa shape index (κ1) is 17.4. The third kappa shape index (κ3) is 3.79. The molecule has 3 aromatic rings. The zero-order valence-corrected chi connectivity index (χ0v) is 15.4. The molecule has 25 heavy (non-hydrogen) atoms. The molecule has 3 rings (SSSR count). The highest BCUT2D eigenvalue weighted by Crippen LogP contribution is 2.31. The highest BCUT2D eigenvalue weighted by atomic mass is 32.2. The zero-order valence-electron chi connectivity index (χ0n) is 14.6. The Morgan fingerprint density at radius 2 is 1.72 bits per heavy atom. The first-order valence-corrected chi connectivity index (χ1v) is 9.07. The lowest BCUT2D eigenvalue weighted by Gasteiger charge is -2.10. The molecule has 0 bridgehead atoms. The number of thioether (sulfide) groups is 1. The minimum Gasteiger partial charge on any atom is -0.497 e. The van der Waals surface area contributed by atoms with Gasteiger partial charge in [-0.15, -0.1) is 10.2 Å². The largest absolute Gasteiger partial charge is 0.497 e. The van der Waals surface area contributed by atoms with E-state index in [0.717, 1.165) is 40.3 Å². The molecule has 0 saturated heterocycles. The van der Waals surface area contributed by atoms with Gasteiger partial charge in [0, 0.05) is 12.3 Å². The van der Waals surface area contributed by atoms with Crippen molar-refractivity contribution in [2.24, 2.45) is 0 Å². The molecule has 130 valence electrons. The molecule has 0 N–H and O–H groups in total. The fourth-order valence-corrected chi connectivity index (χ4v) is 3.54. The van der Waals surface area contributed by atoms with E-state index < -0.39 is 0 Å². The summed E-state index contributed by atoms with van der Waals surface area (Å²) in [6.45, 7) is 2.89. The topological polar surface area (TPSA) is 49.2 Å². The summed E-state index contributed by atoms with van der Waals surface area (Å²) in [6.07, 6.45) is 0. The minimum atomic E-state index is 0.797. The van der Waals surface area contributed by atoms with Gasteiger partial charge in [0.05, 0.1) is 19.8 Å². The maximum Gasteiger partial charge on any atom is 0.191 e. The molecule has 0 aliphatic rings. The van der Waals surface area contributed by atoms with Crippen molar-refractivity contribution in [1.29, 1.82) is 0 Å². The molecule has 6 heteroatoms. The van der Waals surface area contributed by atoms with Crippen molar-refractivity contribution in [2.75, 3.05) is 14.2 Å². The van der Waals surface area contributed by atoms with Crippen molar-refractivity contribution < 1.29 is 9.47 Å². The number of aromatic nitrogens is 3. The summed E-state index contributed by atoms with van der Waals surface area (Å²) in [7, 11) is 3.34. The van der Waals surface area contributed by atoms with Crippen LogP contribution in [0.25, 0.3) is 11.4 Å². The van der Waals surface area contributed by atoms with Gasteiger partial charge >= 0.3 is 0 Å². The monoisotopic (exact) mass is 355 g/mol. The van der Waals surface area contributed by atoms with Crippen LogP contribution in [0, 0.1) is 0 Å². The molecule has 0 saturated carbocycles. The van der Waals surface area contributed by atoms with Gasteiger partial charge in [-0.25, -0.2) is 0 Å². The summed E-state index contributed by atoms with van der Waals surface area (Å²) in [4.78, 5) is 0. The first-order chi connectivity index (χ1) is 12.3. The number of methoxy groups -OCH3 is 2. The van der Waals surface area contributed by atoms with Crippen molar-refractivity contribution in [1.82, 2.24) is 14.8 Å². The molecule has 0 fully saturated rings. The number of para-hydroxylation sites is 1. The summed E-state index contributed by atoms with van der Waals surface area (Å²) in [6, 6.07) is 16.0. The minimum absolute atomic E-state index is 0.797. The Kier molecular flexibility index (Phi) is 5.60. The van der Waals surface area contributed by atoms with Crippen molar-refractivity contribution >= 4 is 11.8 Å². The van der Waals surface area contributed by atoms with Gasteiger partial charge in [0.2, 0.25) is 0 Å². The quantitative estimate of drug-likeness (QED) is 0.592. The lowest BCUT2D eigenvalue weighted by molar-refractivity contribution is 0.414. The summed E-state index contributed by atoms with van der Waals surface area (Å²) < 4.78 is 12.8. The van der Waals surface area contributed by atoms with Crippen LogP contribution in [0.4, 0.5) is 0 Å². The second kappa shape index (κ2) is 8.07. The smallest absolute Gasteiger partial charge is 0.191 e. The molecule has 0 aliphatic carbocycles. The molecule has 2 aromatic carbocycles. The Balaban J connectivity index is 1.82. The molecule has 1 aromatic heterocycles. The predicted molar refractivity (Wildman–Crippen MR) is 100 cm³/mol. The molecule has 1 heterocycles. The molecule has 0 unspecified atom stereocenters. The average Bonchev–Trinajstić information content (AvgIpc) is 3.09. The van der Waals surface area contributed by atoms with Crippen molar-refractivity contribution in [3.63, 3.8) is 0 Å². The molecule has 0 aliphatic heterocycles. The average molecular weight is 355 g/mol. The van der Waals surface area contributed by atoms with Gasteiger partial charge < -0.3 is 14.0 Å². The molecule has 0 spiro atoms. The van der Waals surface area contributed by atoms with Crippen LogP contribution >= 0.6 is 11.8 Å². The van der Waals surface area contributed by atoms with Gasteiger partial charge in [0.1, 0.15) is 11.5 Å². The van der Waals surface area contributed by atoms with E-state index in [1.165, 1.54) is 5.56 Å². The van der Waals surface area contributed by atoms with Crippen LogP contribution in [0.2, 0.25) is 0 Å². The predicted octanol–water partition coefficient (Wildman–Crippen LogP) is 4.27. The van der Waals surface area contributed by atoms with Gasteiger partial charge in [-0.05, 0) is 36.8 Å². The van der Waals surface area contributed by atoms with Gasteiger partial charge in [0.15, 0.2) is 11.0 Å². The Morgan fingerprint density at radius 3 is 2.40 bits per heavy atom. The fraction of sp³-hybridized carbons (Fsp3) is 0.263. The van der Waals surface area contributed by atoms with E-state index in [4.69, 9.17) is 9.47 Å². The van der Waals surface area contributed by atoms with Crippen LogP contribution in [0.15, 0.2) is 53.7 Å². The van der Waals surface area contributed by atoms with Crippen LogP contribution in [0.5, 0.6) is 11.5 Å². The zero-order chi connectivity index (χ0) is 17.6. The standard InChI is InChI=1S/C19H21N3O2S/c1-4-22-18(16-7-5-6-8-17(16)24-3)20-21-19(22)25-13-14-9-11-15(23-2)12-10-14/h5-12H,4,13H2,1-3H3. The number of ether oxygens (including phenoxy) is 2. The number of benzene rings is 2. The van der Waals surface area contributed by atoms with E-state index in [2.05, 4.69) is 33.8 Å². The van der Waals surface area contributed by atoms with E-state index in [9.17, 15) is 0 Å². The van der Waals surface area contributed by atoms with Crippen molar-refractivity contribution in [2.45, 2.75) is 24.4 Å². The van der Waals surface area contributed by atoms with Crippen molar-refractivity contribution in [3.8, 4) is 22.9 Å². The lowest BCUT2D eigenvalue weighted by Crippen LogP contribution is -2.01. The van der Waals surface area contributed by atoms with E-state index in [-0.39, 0.29) is 0 Å². The van der Waals surface area contributed by atoms with Crippen LogP contribution in [-0.2, 0) is 12.3 Å². The molecule has 0 radical (unpaired) electrons. The van der Waals surface area contributed by atoms with E-state index in [0.29, 0.717) is 0 Å². The van der Waals surface area contributed by atoms with E-state index in [1.807, 2.05) is 36.4 Å². The number of rotatable bonds is 7. The third-order valence-electron chi connectivity index (χ3n) is 3.91. The third-order valence-corrected chi connectivity index (χ3v) is 4.95. The molecular weight excluding hydrogens is 334 g/mol. The number of hydrogen-bond acceptors (Lipinski definition) is 5. The lowest BCUT2D eigenvalue weighted by atomic mass is 10.2. The molecular formula is C19H21N3O2S. The first-order valence-electron chi connectivity index (χ1n) is 8.09. The van der Waals surface area contributed by atoms with Gasteiger partial charge in [-0.1, -0.05) is 36.0 Å². The summed E-state index contributed by atoms with van der Waals surface area (Å²) >= 11 is 1.67. The highest BCUT2D eigenvalue weighted by molar-refractivity contribution is 7.98. The second-order valence-electron chi connectivity index (χ2n) is 5.39. The van der Waals surface area contributed by atoms with Crippen molar-refractivity contribution in [3.05, 3.63) is 54.1 Å². The Hall–Kier alpha value is -2.47. The van der Waals surface area contributed by atoms with Crippen LogP contribution in [0.3, 0.4) is 0 Å². The normalized spacial score (nSPS) is 10.7.